The molecule has 0 amide bonds. The third-order valence-corrected chi connectivity index (χ3v) is 10.2. The second kappa shape index (κ2) is 10.1. The molecule has 3 atom stereocenters. The molecule has 0 spiro atoms. The van der Waals surface area contributed by atoms with Gasteiger partial charge in [-0.25, -0.2) is 17.7 Å². The summed E-state index contributed by atoms with van der Waals surface area (Å²) in [4.78, 5) is 8.88. The number of rotatable bonds is 6. The van der Waals surface area contributed by atoms with Crippen LogP contribution in [0, 0.1) is 5.92 Å². The molecular weight excluding hydrogens is 585 g/mol. The van der Waals surface area contributed by atoms with Crippen LogP contribution >= 0.6 is 15.9 Å². The summed E-state index contributed by atoms with van der Waals surface area (Å²) in [5, 5.41) is 7.72. The summed E-state index contributed by atoms with van der Waals surface area (Å²) in [5.41, 5.74) is 2.16. The van der Waals surface area contributed by atoms with Crippen molar-refractivity contribution in [2.45, 2.75) is 43.2 Å². The van der Waals surface area contributed by atoms with Crippen LogP contribution in [0.5, 0.6) is 0 Å². The Kier molecular flexibility index (Phi) is 7.12. The Hall–Kier alpha value is -2.77. The van der Waals surface area contributed by atoms with Gasteiger partial charge in [0.1, 0.15) is 10.6 Å². The minimum Gasteiger partial charge on any atom is -0.366 e. The Bertz CT molecular complexity index is 1490. The highest BCUT2D eigenvalue weighted by atomic mass is 79.9. The van der Waals surface area contributed by atoms with Gasteiger partial charge in [-0.2, -0.15) is 22.8 Å². The maximum absolute atomic E-state index is 13.9. The average Bonchev–Trinajstić information content (AvgIpc) is 3.28. The van der Waals surface area contributed by atoms with E-state index in [9.17, 15) is 21.6 Å². The first kappa shape index (κ1) is 26.8. The monoisotopic (exact) mass is 610 g/mol. The summed E-state index contributed by atoms with van der Waals surface area (Å²) in [6.45, 7) is 1.82. The van der Waals surface area contributed by atoms with Crippen molar-refractivity contribution in [3.8, 4) is 0 Å². The van der Waals surface area contributed by atoms with Crippen molar-refractivity contribution in [2.24, 2.45) is 5.92 Å². The fraction of sp³-hybridized carbons (Fsp3) is 0.400. The highest BCUT2D eigenvalue weighted by Gasteiger charge is 2.57. The summed E-state index contributed by atoms with van der Waals surface area (Å²) < 4.78 is 70.4. The van der Waals surface area contributed by atoms with Gasteiger partial charge in [0.05, 0.1) is 22.3 Å². The van der Waals surface area contributed by atoms with Gasteiger partial charge in [0.2, 0.25) is 10.0 Å². The van der Waals surface area contributed by atoms with E-state index in [1.165, 1.54) is 16.5 Å². The highest BCUT2D eigenvalue weighted by molar-refractivity contribution is 9.10. The lowest BCUT2D eigenvalue weighted by molar-refractivity contribution is -0.166. The summed E-state index contributed by atoms with van der Waals surface area (Å²) in [6.07, 6.45) is 6.21. The molecule has 38 heavy (non-hydrogen) atoms. The number of allylic oxidation sites excluding steroid dienone is 3. The molecule has 1 fully saturated rings. The third kappa shape index (κ3) is 4.87. The van der Waals surface area contributed by atoms with E-state index in [-0.39, 0.29) is 19.0 Å². The Morgan fingerprint density at radius 2 is 2.08 bits per heavy atom. The molecule has 1 N–H and O–H groups in total. The van der Waals surface area contributed by atoms with Crippen LogP contribution in [0.2, 0.25) is 0 Å². The lowest BCUT2D eigenvalue weighted by Gasteiger charge is -2.41. The van der Waals surface area contributed by atoms with Gasteiger partial charge in [-0.15, -0.1) is 0 Å². The van der Waals surface area contributed by atoms with Crippen molar-refractivity contribution in [3.63, 3.8) is 0 Å². The number of sulfonamides is 1. The van der Waals surface area contributed by atoms with Gasteiger partial charge in [0.25, 0.3) is 0 Å². The van der Waals surface area contributed by atoms with Crippen molar-refractivity contribution in [3.05, 3.63) is 76.8 Å². The van der Waals surface area contributed by atoms with E-state index < -0.39 is 26.9 Å². The topological polar surface area (TPSA) is 92.5 Å². The number of nitrogens with zero attached hydrogens (tertiary/aromatic N) is 5. The van der Waals surface area contributed by atoms with Crippen molar-refractivity contribution in [2.75, 3.05) is 18.4 Å². The first-order valence-electron chi connectivity index (χ1n) is 12.1. The summed E-state index contributed by atoms with van der Waals surface area (Å²) in [6, 6.07) is 5.60. The second-order valence-corrected chi connectivity index (χ2v) is 12.9. The predicted octanol–water partition coefficient (Wildman–Crippen LogP) is 5.07. The van der Waals surface area contributed by atoms with Gasteiger partial charge in [0.15, 0.2) is 5.65 Å². The minimum absolute atomic E-state index is 0.0387. The van der Waals surface area contributed by atoms with Gasteiger partial charge in [-0.1, -0.05) is 30.4 Å². The molecule has 3 unspecified atom stereocenters. The van der Waals surface area contributed by atoms with Crippen molar-refractivity contribution >= 4 is 37.4 Å². The number of anilines is 1. The van der Waals surface area contributed by atoms with Crippen LogP contribution in [0.1, 0.15) is 36.9 Å². The number of fused-ring (bicyclic) bond motifs is 1. The molecule has 0 saturated carbocycles. The van der Waals surface area contributed by atoms with Crippen LogP contribution in [0.3, 0.4) is 0 Å². The maximum Gasteiger partial charge on any atom is 0.397 e. The Morgan fingerprint density at radius 3 is 2.82 bits per heavy atom. The predicted molar refractivity (Wildman–Crippen MR) is 141 cm³/mol. The molecule has 1 saturated heterocycles. The van der Waals surface area contributed by atoms with E-state index in [1.807, 2.05) is 18.2 Å². The quantitative estimate of drug-likeness (QED) is 0.419. The number of aromatic nitrogens is 4. The van der Waals surface area contributed by atoms with Crippen molar-refractivity contribution < 1.29 is 21.6 Å². The zero-order valence-electron chi connectivity index (χ0n) is 20.4. The van der Waals surface area contributed by atoms with Crippen LogP contribution in [0.25, 0.3) is 5.65 Å². The van der Waals surface area contributed by atoms with Crippen LogP contribution in [-0.2, 0) is 16.6 Å². The third-order valence-electron chi connectivity index (χ3n) is 7.16. The molecule has 0 radical (unpaired) electrons. The van der Waals surface area contributed by atoms with Gasteiger partial charge >= 0.3 is 6.18 Å². The zero-order chi connectivity index (χ0) is 27.1. The van der Waals surface area contributed by atoms with Gasteiger partial charge < -0.3 is 5.32 Å². The number of halogens is 4. The first-order chi connectivity index (χ1) is 18.0. The van der Waals surface area contributed by atoms with Crippen LogP contribution in [-0.4, -0.2) is 56.3 Å². The largest absolute Gasteiger partial charge is 0.397 e. The van der Waals surface area contributed by atoms with E-state index in [0.29, 0.717) is 41.0 Å². The number of nitrogens with one attached hydrogen (secondary N) is 1. The van der Waals surface area contributed by atoms with E-state index >= 15 is 0 Å². The first-order valence-corrected chi connectivity index (χ1v) is 14.3. The maximum atomic E-state index is 13.9. The van der Waals surface area contributed by atoms with Crippen LogP contribution < -0.4 is 5.32 Å². The summed E-state index contributed by atoms with van der Waals surface area (Å²) >= 11 is 3.47. The summed E-state index contributed by atoms with van der Waals surface area (Å²) in [5.74, 6) is -1.78. The fourth-order valence-corrected chi connectivity index (χ4v) is 7.50. The Labute approximate surface area is 226 Å². The molecule has 3 aromatic heterocycles. The molecule has 5 rings (SSSR count). The SMILES string of the molecule is CC1(S(=O)(=O)N2CCCC(c3cc(NCc4cccnc4)n4ncc(Br)c4n3)C2)C=CC=CC1C(F)(F)F. The normalized spacial score (nSPS) is 24.7. The number of alkyl halides is 3. The highest BCUT2D eigenvalue weighted by Crippen LogP contribution is 2.45. The molecule has 202 valence electrons. The van der Waals surface area contributed by atoms with Crippen molar-refractivity contribution in [1.29, 1.82) is 0 Å². The van der Waals surface area contributed by atoms with E-state index in [2.05, 4.69) is 31.3 Å². The van der Waals surface area contributed by atoms with Gasteiger partial charge in [-0.05, 0) is 47.3 Å². The molecule has 1 aliphatic heterocycles. The van der Waals surface area contributed by atoms with E-state index in [1.54, 1.807) is 23.1 Å². The fourth-order valence-electron chi connectivity index (χ4n) is 5.06. The molecule has 8 nitrogen and oxygen atoms in total. The lowest BCUT2D eigenvalue weighted by Crippen LogP contribution is -2.55. The number of hydrogen-bond acceptors (Lipinski definition) is 6. The lowest BCUT2D eigenvalue weighted by atomic mass is 9.88. The van der Waals surface area contributed by atoms with Crippen molar-refractivity contribution in [1.82, 2.24) is 23.9 Å². The van der Waals surface area contributed by atoms with Gasteiger partial charge in [0, 0.05) is 44.0 Å². The molecule has 0 aromatic carbocycles. The average molecular weight is 611 g/mol. The Balaban J connectivity index is 1.45. The molecule has 13 heteroatoms. The van der Waals surface area contributed by atoms with Crippen LogP contribution in [0.4, 0.5) is 19.0 Å². The van der Waals surface area contributed by atoms with E-state index in [4.69, 9.17) is 4.98 Å². The zero-order valence-corrected chi connectivity index (χ0v) is 22.8. The molecule has 4 heterocycles. The number of piperidine rings is 1. The molecule has 0 bridgehead atoms. The van der Waals surface area contributed by atoms with Crippen LogP contribution in [0.15, 0.2) is 65.6 Å². The molecule has 3 aromatic rings. The molecular formula is C25H26BrF3N6O2S. The Morgan fingerprint density at radius 1 is 1.26 bits per heavy atom. The molecule has 2 aliphatic rings. The van der Waals surface area contributed by atoms with E-state index in [0.717, 1.165) is 24.6 Å². The smallest absolute Gasteiger partial charge is 0.366 e. The van der Waals surface area contributed by atoms with Gasteiger partial charge in [-0.3, -0.25) is 4.98 Å². The molecule has 1 aliphatic carbocycles. The summed E-state index contributed by atoms with van der Waals surface area (Å²) in [7, 11) is -4.36. The minimum atomic E-state index is -4.70. The standard InChI is InChI=1S/C25H26BrF3N6O2S/c1-24(9-3-2-8-21(24)25(27,28)29)38(36,37)34-11-5-7-18(16-34)20-12-22(31-14-17-6-4-10-30-13-17)35-23(33-20)19(26)15-32-35/h2-4,6,8-10,12-13,15,18,21,31H,5,7,11,14,16H2,1H3. The number of hydrogen-bond donors (Lipinski definition) is 1. The second-order valence-electron chi connectivity index (χ2n) is 9.66. The number of pyridine rings is 1.